The first-order valence-corrected chi connectivity index (χ1v) is 10.9. The Labute approximate surface area is 201 Å². The minimum Gasteiger partial charge on any atom is -0.507 e. The summed E-state index contributed by atoms with van der Waals surface area (Å²) in [5, 5.41) is 23.7. The van der Waals surface area contributed by atoms with Crippen LogP contribution < -0.4 is 16.3 Å². The Morgan fingerprint density at radius 1 is 1.03 bits per heavy atom. The Bertz CT molecular complexity index is 1450. The van der Waals surface area contributed by atoms with Gasteiger partial charge in [0.1, 0.15) is 11.4 Å². The molecule has 4 N–H and O–H groups in total. The average Bonchev–Trinajstić information content (AvgIpc) is 2.85. The summed E-state index contributed by atoms with van der Waals surface area (Å²) in [6.07, 6.45) is 1.27. The van der Waals surface area contributed by atoms with Crippen LogP contribution in [0.3, 0.4) is 0 Å². The molecule has 1 atom stereocenters. The molecule has 0 aliphatic heterocycles. The van der Waals surface area contributed by atoms with Gasteiger partial charge in [0.05, 0.1) is 11.6 Å². The zero-order valence-electron chi connectivity index (χ0n) is 17.5. The summed E-state index contributed by atoms with van der Waals surface area (Å²) < 4.78 is 0.718. The van der Waals surface area contributed by atoms with E-state index in [0.29, 0.717) is 21.9 Å². The van der Waals surface area contributed by atoms with Crippen LogP contribution >= 0.6 is 15.9 Å². The molecular weight excluding hydrogens is 502 g/mol. The van der Waals surface area contributed by atoms with E-state index in [0.717, 1.165) is 4.47 Å². The van der Waals surface area contributed by atoms with Crippen LogP contribution in [0, 0.1) is 0 Å². The van der Waals surface area contributed by atoms with Crippen molar-refractivity contribution < 1.29 is 14.7 Å². The third-order valence-corrected chi connectivity index (χ3v) is 5.43. The Hall–Kier alpha value is -4.31. The number of carbonyl (C=O) groups is 2. The predicted octanol–water partition coefficient (Wildman–Crippen LogP) is 3.01. The molecule has 170 valence electrons. The van der Waals surface area contributed by atoms with E-state index in [9.17, 15) is 19.5 Å². The number of aromatic hydroxyl groups is 1. The van der Waals surface area contributed by atoms with Gasteiger partial charge in [0.2, 0.25) is 0 Å². The lowest BCUT2D eigenvalue weighted by Gasteiger charge is -2.18. The minimum absolute atomic E-state index is 0.0246. The molecule has 4 rings (SSSR count). The summed E-state index contributed by atoms with van der Waals surface area (Å²) in [4.78, 5) is 38.2. The number of phenolic OH excluding ortho intramolecular Hbond substituents is 1. The van der Waals surface area contributed by atoms with Crippen molar-refractivity contribution in [2.75, 3.05) is 0 Å². The van der Waals surface area contributed by atoms with Crippen molar-refractivity contribution in [1.29, 1.82) is 0 Å². The van der Waals surface area contributed by atoms with E-state index in [-0.39, 0.29) is 11.4 Å². The second-order valence-corrected chi connectivity index (χ2v) is 8.11. The summed E-state index contributed by atoms with van der Waals surface area (Å²) in [6, 6.07) is 18.5. The topological polar surface area (TPSA) is 137 Å². The molecule has 0 bridgehead atoms. The van der Waals surface area contributed by atoms with E-state index in [1.807, 2.05) is 0 Å². The molecule has 4 aromatic rings. The quantitative estimate of drug-likeness (QED) is 0.229. The fourth-order valence-electron chi connectivity index (χ4n) is 3.28. The van der Waals surface area contributed by atoms with Gasteiger partial charge in [-0.05, 0) is 36.4 Å². The van der Waals surface area contributed by atoms with Crippen molar-refractivity contribution in [3.63, 3.8) is 0 Å². The summed E-state index contributed by atoms with van der Waals surface area (Å²) in [5.74, 6) is -1.23. The Morgan fingerprint density at radius 2 is 1.74 bits per heavy atom. The van der Waals surface area contributed by atoms with E-state index in [4.69, 9.17) is 0 Å². The number of fused-ring (bicyclic) bond motifs is 1. The number of carbonyl (C=O) groups excluding carboxylic acids is 2. The van der Waals surface area contributed by atoms with Gasteiger partial charge in [-0.1, -0.05) is 52.3 Å². The number of rotatable bonds is 6. The number of halogens is 1. The van der Waals surface area contributed by atoms with Crippen molar-refractivity contribution >= 4 is 44.7 Å². The van der Waals surface area contributed by atoms with Gasteiger partial charge in [-0.2, -0.15) is 10.2 Å². The number of amides is 2. The van der Waals surface area contributed by atoms with Crippen molar-refractivity contribution in [3.8, 4) is 5.75 Å². The van der Waals surface area contributed by atoms with E-state index in [1.165, 1.54) is 12.3 Å². The maximum absolute atomic E-state index is 13.1. The van der Waals surface area contributed by atoms with Gasteiger partial charge in [0, 0.05) is 21.0 Å². The number of nitrogens with one attached hydrogen (secondary N) is 3. The molecule has 0 saturated carbocycles. The smallest absolute Gasteiger partial charge is 0.272 e. The number of phenols is 1. The lowest BCUT2D eigenvalue weighted by molar-refractivity contribution is -0.123. The number of hydrogen-bond acceptors (Lipinski definition) is 6. The highest BCUT2D eigenvalue weighted by atomic mass is 79.9. The third kappa shape index (κ3) is 5.02. The van der Waals surface area contributed by atoms with Crippen molar-refractivity contribution in [2.45, 2.75) is 6.04 Å². The van der Waals surface area contributed by atoms with Crippen molar-refractivity contribution in [1.82, 2.24) is 20.9 Å². The summed E-state index contributed by atoms with van der Waals surface area (Å²) in [7, 11) is 0. The zero-order valence-corrected chi connectivity index (χ0v) is 19.1. The Morgan fingerprint density at radius 3 is 2.50 bits per heavy atom. The molecule has 0 radical (unpaired) electrons. The SMILES string of the molecule is O=C(N[C@@H](C(=O)N/N=C\c1cc(Br)ccc1O)c1n[nH]c(=O)c2ccccc12)c1ccccc1. The van der Waals surface area contributed by atoms with Gasteiger partial charge >= 0.3 is 0 Å². The van der Waals surface area contributed by atoms with Crippen LogP contribution in [0.5, 0.6) is 5.75 Å². The highest BCUT2D eigenvalue weighted by Crippen LogP contribution is 2.21. The molecule has 0 aliphatic rings. The lowest BCUT2D eigenvalue weighted by atomic mass is 10.0. The summed E-state index contributed by atoms with van der Waals surface area (Å²) in [5.41, 5.74) is 2.81. The molecule has 0 aliphatic carbocycles. The van der Waals surface area contributed by atoms with Gasteiger partial charge in [0.25, 0.3) is 17.4 Å². The monoisotopic (exact) mass is 519 g/mol. The Kier molecular flexibility index (Phi) is 6.79. The normalized spacial score (nSPS) is 11.9. The molecule has 2 amide bonds. The minimum atomic E-state index is -1.28. The Balaban J connectivity index is 1.68. The first-order valence-electron chi connectivity index (χ1n) is 10.1. The van der Waals surface area contributed by atoms with Crippen LogP contribution in [0.2, 0.25) is 0 Å². The van der Waals surface area contributed by atoms with E-state index < -0.39 is 23.4 Å². The van der Waals surface area contributed by atoms with Crippen LogP contribution in [0.4, 0.5) is 0 Å². The number of hydrogen-bond donors (Lipinski definition) is 4. The van der Waals surface area contributed by atoms with Crippen LogP contribution in [-0.2, 0) is 4.79 Å². The number of hydrazone groups is 1. The van der Waals surface area contributed by atoms with Gasteiger partial charge in [-0.15, -0.1) is 0 Å². The molecule has 1 aromatic heterocycles. The number of aromatic amines is 1. The predicted molar refractivity (Wildman–Crippen MR) is 131 cm³/mol. The van der Waals surface area contributed by atoms with Crippen LogP contribution in [-0.4, -0.2) is 33.3 Å². The maximum Gasteiger partial charge on any atom is 0.272 e. The standard InChI is InChI=1S/C24H18BrN5O4/c25-16-10-11-19(31)15(12-16)13-26-29-24(34)21(27-22(32)14-6-2-1-3-7-14)20-17-8-4-5-9-18(17)23(33)30-28-20/h1-13,21,31H,(H,27,32)(H,29,34)(H,30,33)/b26-13-/t21-/m1/s1. The van der Waals surface area contributed by atoms with Crippen LogP contribution in [0.1, 0.15) is 27.7 Å². The zero-order chi connectivity index (χ0) is 24.1. The molecule has 0 fully saturated rings. The summed E-state index contributed by atoms with van der Waals surface area (Å²) >= 11 is 3.30. The second kappa shape index (κ2) is 10.1. The molecular formula is C24H18BrN5O4. The van der Waals surface area contributed by atoms with E-state index in [1.54, 1.807) is 66.7 Å². The number of benzene rings is 3. The first kappa shape index (κ1) is 22.9. The molecule has 10 heteroatoms. The number of aromatic nitrogens is 2. The number of H-pyrrole nitrogens is 1. The molecule has 0 saturated heterocycles. The molecule has 9 nitrogen and oxygen atoms in total. The van der Waals surface area contributed by atoms with Gasteiger partial charge in [-0.25, -0.2) is 10.5 Å². The van der Waals surface area contributed by atoms with E-state index >= 15 is 0 Å². The molecule has 3 aromatic carbocycles. The first-order chi connectivity index (χ1) is 16.4. The van der Waals surface area contributed by atoms with Crippen LogP contribution in [0.15, 0.2) is 87.2 Å². The van der Waals surface area contributed by atoms with Gasteiger partial charge < -0.3 is 10.4 Å². The second-order valence-electron chi connectivity index (χ2n) is 7.19. The fourth-order valence-corrected chi connectivity index (χ4v) is 3.66. The molecule has 0 unspecified atom stereocenters. The van der Waals surface area contributed by atoms with Crippen molar-refractivity contribution in [3.05, 3.63) is 104 Å². The molecule has 1 heterocycles. The highest BCUT2D eigenvalue weighted by Gasteiger charge is 2.27. The average molecular weight is 520 g/mol. The summed E-state index contributed by atoms with van der Waals surface area (Å²) in [6.45, 7) is 0. The lowest BCUT2D eigenvalue weighted by Crippen LogP contribution is -2.40. The van der Waals surface area contributed by atoms with Crippen LogP contribution in [0.25, 0.3) is 10.8 Å². The van der Waals surface area contributed by atoms with Crippen molar-refractivity contribution in [2.24, 2.45) is 5.10 Å². The third-order valence-electron chi connectivity index (χ3n) is 4.94. The maximum atomic E-state index is 13.1. The molecule has 34 heavy (non-hydrogen) atoms. The fraction of sp³-hybridized carbons (Fsp3) is 0.0417. The largest absolute Gasteiger partial charge is 0.507 e. The number of nitrogens with zero attached hydrogens (tertiary/aromatic N) is 2. The highest BCUT2D eigenvalue weighted by molar-refractivity contribution is 9.10. The molecule has 0 spiro atoms. The van der Waals surface area contributed by atoms with Gasteiger partial charge in [-0.3, -0.25) is 14.4 Å². The van der Waals surface area contributed by atoms with Gasteiger partial charge in [0.15, 0.2) is 6.04 Å². The van der Waals surface area contributed by atoms with E-state index in [2.05, 4.69) is 42.0 Å².